The van der Waals surface area contributed by atoms with E-state index < -0.39 is 0 Å². The van der Waals surface area contributed by atoms with Crippen LogP contribution in [0.2, 0.25) is 0 Å². The fraction of sp³-hybridized carbons (Fsp3) is 0.500. The average Bonchev–Trinajstić information content (AvgIpc) is 2.77. The van der Waals surface area contributed by atoms with Gasteiger partial charge in [-0.2, -0.15) is 0 Å². The Balaban J connectivity index is 2.50. The summed E-state index contributed by atoms with van der Waals surface area (Å²) in [6.07, 6.45) is 5.95. The molecule has 0 bridgehead atoms. The monoisotopic (exact) mass is 281 g/mol. The molecule has 0 radical (unpaired) electrons. The SMILES string of the molecule is C=CCc1cc(NC(=O)NCCCCC)c(CN)s1. The van der Waals surface area contributed by atoms with E-state index in [0.717, 1.165) is 41.1 Å². The van der Waals surface area contributed by atoms with E-state index in [1.807, 2.05) is 12.1 Å². The highest BCUT2D eigenvalue weighted by atomic mass is 32.1. The first-order valence-corrected chi connectivity index (χ1v) is 7.50. The van der Waals surface area contributed by atoms with Gasteiger partial charge in [-0.25, -0.2) is 4.79 Å². The summed E-state index contributed by atoms with van der Waals surface area (Å²) in [7, 11) is 0. The van der Waals surface area contributed by atoms with E-state index in [1.165, 1.54) is 0 Å². The number of urea groups is 1. The minimum atomic E-state index is -0.159. The van der Waals surface area contributed by atoms with Gasteiger partial charge in [0, 0.05) is 22.8 Å². The molecule has 19 heavy (non-hydrogen) atoms. The van der Waals surface area contributed by atoms with E-state index in [4.69, 9.17) is 5.73 Å². The molecular weight excluding hydrogens is 258 g/mol. The van der Waals surface area contributed by atoms with Crippen LogP contribution in [0.3, 0.4) is 0 Å². The number of anilines is 1. The summed E-state index contributed by atoms with van der Waals surface area (Å²) in [5.74, 6) is 0. The van der Waals surface area contributed by atoms with Crippen LogP contribution in [0.1, 0.15) is 35.9 Å². The van der Waals surface area contributed by atoms with Crippen LogP contribution >= 0.6 is 11.3 Å². The van der Waals surface area contributed by atoms with Crippen molar-refractivity contribution in [3.05, 3.63) is 28.5 Å². The van der Waals surface area contributed by atoms with Crippen LogP contribution in [-0.4, -0.2) is 12.6 Å². The Morgan fingerprint density at radius 2 is 2.32 bits per heavy atom. The van der Waals surface area contributed by atoms with Crippen molar-refractivity contribution < 1.29 is 4.79 Å². The Bertz CT molecular complexity index is 415. The number of carbonyl (C=O) groups excluding carboxylic acids is 1. The molecular formula is C14H23N3OS. The Labute approximate surface area is 119 Å². The van der Waals surface area contributed by atoms with Crippen molar-refractivity contribution in [1.82, 2.24) is 5.32 Å². The first kappa shape index (κ1) is 15.7. The van der Waals surface area contributed by atoms with Gasteiger partial charge in [-0.15, -0.1) is 17.9 Å². The van der Waals surface area contributed by atoms with Crippen molar-refractivity contribution in [2.45, 2.75) is 39.2 Å². The maximum absolute atomic E-state index is 11.7. The first-order valence-electron chi connectivity index (χ1n) is 6.68. The maximum Gasteiger partial charge on any atom is 0.319 e. The number of amides is 2. The number of thiophene rings is 1. The van der Waals surface area contributed by atoms with Gasteiger partial charge in [0.2, 0.25) is 0 Å². The lowest BCUT2D eigenvalue weighted by atomic mass is 10.2. The lowest BCUT2D eigenvalue weighted by molar-refractivity contribution is 0.252. The summed E-state index contributed by atoms with van der Waals surface area (Å²) >= 11 is 1.62. The van der Waals surface area contributed by atoms with Gasteiger partial charge in [-0.3, -0.25) is 0 Å². The van der Waals surface area contributed by atoms with Crippen LogP contribution in [-0.2, 0) is 13.0 Å². The molecule has 0 unspecified atom stereocenters. The molecule has 1 heterocycles. The molecule has 0 aliphatic heterocycles. The van der Waals surface area contributed by atoms with Crippen LogP contribution in [0.15, 0.2) is 18.7 Å². The standard InChI is InChI=1S/C14H23N3OS/c1-3-5-6-8-16-14(18)17-12-9-11(7-4-2)19-13(12)10-15/h4,9H,2-3,5-8,10,15H2,1H3,(H2,16,17,18). The van der Waals surface area contributed by atoms with Crippen LogP contribution in [0.5, 0.6) is 0 Å². The van der Waals surface area contributed by atoms with Gasteiger partial charge in [0.05, 0.1) is 5.69 Å². The second-order valence-electron chi connectivity index (χ2n) is 4.33. The molecule has 0 fully saturated rings. The molecule has 0 saturated heterocycles. The van der Waals surface area contributed by atoms with E-state index in [1.54, 1.807) is 11.3 Å². The van der Waals surface area contributed by atoms with Crippen molar-refractivity contribution in [1.29, 1.82) is 0 Å². The molecule has 5 heteroatoms. The summed E-state index contributed by atoms with van der Waals surface area (Å²) < 4.78 is 0. The van der Waals surface area contributed by atoms with Gasteiger partial charge in [-0.05, 0) is 18.9 Å². The van der Waals surface area contributed by atoms with Gasteiger partial charge >= 0.3 is 6.03 Å². The van der Waals surface area contributed by atoms with Crippen LogP contribution < -0.4 is 16.4 Å². The largest absolute Gasteiger partial charge is 0.338 e. The van der Waals surface area contributed by atoms with Crippen molar-refractivity contribution in [2.24, 2.45) is 5.73 Å². The third-order valence-electron chi connectivity index (χ3n) is 2.71. The number of allylic oxidation sites excluding steroid dienone is 1. The highest BCUT2D eigenvalue weighted by Gasteiger charge is 2.09. The van der Waals surface area contributed by atoms with Crippen molar-refractivity contribution in [2.75, 3.05) is 11.9 Å². The Morgan fingerprint density at radius 3 is 2.95 bits per heavy atom. The van der Waals surface area contributed by atoms with Gasteiger partial charge in [0.25, 0.3) is 0 Å². The van der Waals surface area contributed by atoms with Crippen molar-refractivity contribution in [3.8, 4) is 0 Å². The predicted molar refractivity (Wildman–Crippen MR) is 82.7 cm³/mol. The fourth-order valence-corrected chi connectivity index (χ4v) is 2.73. The van der Waals surface area contributed by atoms with Gasteiger partial charge in [0.15, 0.2) is 0 Å². The molecule has 106 valence electrons. The third kappa shape index (κ3) is 5.44. The molecule has 0 aliphatic carbocycles. The van der Waals surface area contributed by atoms with Crippen LogP contribution in [0, 0.1) is 0 Å². The third-order valence-corrected chi connectivity index (χ3v) is 3.88. The highest BCUT2D eigenvalue weighted by Crippen LogP contribution is 2.27. The topological polar surface area (TPSA) is 67.2 Å². The molecule has 4 nitrogen and oxygen atoms in total. The molecule has 0 aromatic carbocycles. The van der Waals surface area contributed by atoms with E-state index >= 15 is 0 Å². The molecule has 4 N–H and O–H groups in total. The average molecular weight is 281 g/mol. The number of nitrogens with two attached hydrogens (primary N) is 1. The lowest BCUT2D eigenvalue weighted by Gasteiger charge is -2.07. The van der Waals surface area contributed by atoms with Gasteiger partial charge in [0.1, 0.15) is 0 Å². The Morgan fingerprint density at radius 1 is 1.53 bits per heavy atom. The summed E-state index contributed by atoms with van der Waals surface area (Å²) in [4.78, 5) is 13.9. The second-order valence-corrected chi connectivity index (χ2v) is 5.56. The number of hydrogen-bond acceptors (Lipinski definition) is 3. The van der Waals surface area contributed by atoms with Crippen molar-refractivity contribution in [3.63, 3.8) is 0 Å². The first-order chi connectivity index (χ1) is 9.21. The molecule has 1 aromatic heterocycles. The zero-order valence-corrected chi connectivity index (χ0v) is 12.3. The lowest BCUT2D eigenvalue weighted by Crippen LogP contribution is -2.29. The summed E-state index contributed by atoms with van der Waals surface area (Å²) in [6, 6.07) is 1.81. The molecule has 1 rings (SSSR count). The smallest absolute Gasteiger partial charge is 0.319 e. The highest BCUT2D eigenvalue weighted by molar-refractivity contribution is 7.12. The number of carbonyl (C=O) groups is 1. The Hall–Kier alpha value is -1.33. The van der Waals surface area contributed by atoms with Crippen LogP contribution in [0.25, 0.3) is 0 Å². The van der Waals surface area contributed by atoms with E-state index in [2.05, 4.69) is 24.1 Å². The minimum absolute atomic E-state index is 0.159. The zero-order chi connectivity index (χ0) is 14.1. The van der Waals surface area contributed by atoms with E-state index in [-0.39, 0.29) is 6.03 Å². The van der Waals surface area contributed by atoms with E-state index in [0.29, 0.717) is 13.1 Å². The number of unbranched alkanes of at least 4 members (excludes halogenated alkanes) is 2. The van der Waals surface area contributed by atoms with Crippen LogP contribution in [0.4, 0.5) is 10.5 Å². The molecule has 0 saturated carbocycles. The molecule has 1 aromatic rings. The maximum atomic E-state index is 11.7. The number of nitrogens with one attached hydrogen (secondary N) is 2. The summed E-state index contributed by atoms with van der Waals surface area (Å²) in [5.41, 5.74) is 6.51. The van der Waals surface area contributed by atoms with Crippen molar-refractivity contribution >= 4 is 23.1 Å². The zero-order valence-electron chi connectivity index (χ0n) is 11.5. The quantitative estimate of drug-likeness (QED) is 0.506. The summed E-state index contributed by atoms with van der Waals surface area (Å²) in [6.45, 7) is 7.00. The predicted octanol–water partition coefficient (Wildman–Crippen LogP) is 3.25. The molecule has 0 spiro atoms. The molecule has 0 aliphatic rings. The molecule has 2 amide bonds. The van der Waals surface area contributed by atoms with Gasteiger partial charge < -0.3 is 16.4 Å². The number of rotatable bonds is 8. The second kappa shape index (κ2) is 8.72. The Kier molecular flexibility index (Phi) is 7.22. The normalized spacial score (nSPS) is 10.2. The number of hydrogen-bond donors (Lipinski definition) is 3. The van der Waals surface area contributed by atoms with E-state index in [9.17, 15) is 4.79 Å². The fourth-order valence-electron chi connectivity index (χ4n) is 1.73. The minimum Gasteiger partial charge on any atom is -0.338 e. The molecule has 0 atom stereocenters. The van der Waals surface area contributed by atoms with Gasteiger partial charge in [-0.1, -0.05) is 25.8 Å². The summed E-state index contributed by atoms with van der Waals surface area (Å²) in [5, 5.41) is 5.72.